The zero-order chi connectivity index (χ0) is 13.1. The highest BCUT2D eigenvalue weighted by Crippen LogP contribution is 2.37. The Labute approximate surface area is 96.7 Å². The largest absolute Gasteiger partial charge is 0.468 e. The maximum Gasteiger partial charge on any atom is 0.468 e. The first-order chi connectivity index (χ1) is 7.78. The van der Waals surface area contributed by atoms with Crippen molar-refractivity contribution in [3.63, 3.8) is 0 Å². The standard InChI is InChI=1S/C12H12F4O/c1-3-8-11(13,14)12(15,16)17-10-6-4-9(2)5-7-10/h3-8H,1-2H3/b8-3+. The number of hydrogen-bond donors (Lipinski definition) is 0. The Morgan fingerprint density at radius 2 is 1.59 bits per heavy atom. The molecule has 94 valence electrons. The average molecular weight is 248 g/mol. The molecule has 0 aromatic heterocycles. The fraction of sp³-hybridized carbons (Fsp3) is 0.333. The number of halogens is 4. The first-order valence-corrected chi connectivity index (χ1v) is 4.93. The number of hydrogen-bond acceptors (Lipinski definition) is 1. The molecule has 0 saturated heterocycles. The predicted octanol–water partition coefficient (Wildman–Crippen LogP) is 4.18. The molecule has 0 fully saturated rings. The van der Waals surface area contributed by atoms with Crippen molar-refractivity contribution in [2.24, 2.45) is 0 Å². The van der Waals surface area contributed by atoms with Crippen LogP contribution in [0.4, 0.5) is 17.6 Å². The van der Waals surface area contributed by atoms with Crippen LogP contribution in [0, 0.1) is 6.92 Å². The molecular weight excluding hydrogens is 236 g/mol. The van der Waals surface area contributed by atoms with Gasteiger partial charge in [0.15, 0.2) is 0 Å². The highest BCUT2D eigenvalue weighted by Gasteiger charge is 2.57. The van der Waals surface area contributed by atoms with E-state index >= 15 is 0 Å². The van der Waals surface area contributed by atoms with Gasteiger partial charge in [0.05, 0.1) is 0 Å². The van der Waals surface area contributed by atoms with Crippen LogP contribution in [0.2, 0.25) is 0 Å². The average Bonchev–Trinajstić information content (AvgIpc) is 2.21. The summed E-state index contributed by atoms with van der Waals surface area (Å²) >= 11 is 0. The second-order valence-corrected chi connectivity index (χ2v) is 3.55. The molecule has 17 heavy (non-hydrogen) atoms. The van der Waals surface area contributed by atoms with Crippen LogP contribution in [0.5, 0.6) is 5.75 Å². The Morgan fingerprint density at radius 1 is 1.06 bits per heavy atom. The third-order valence-electron chi connectivity index (χ3n) is 2.03. The number of ether oxygens (including phenoxy) is 1. The molecule has 0 spiro atoms. The van der Waals surface area contributed by atoms with E-state index in [1.807, 2.05) is 0 Å². The van der Waals surface area contributed by atoms with Gasteiger partial charge in [-0.25, -0.2) is 0 Å². The molecule has 0 N–H and O–H groups in total. The Hall–Kier alpha value is -1.52. The lowest BCUT2D eigenvalue weighted by molar-refractivity contribution is -0.288. The summed E-state index contributed by atoms with van der Waals surface area (Å²) in [5.41, 5.74) is 0.820. The van der Waals surface area contributed by atoms with Gasteiger partial charge in [-0.3, -0.25) is 0 Å². The van der Waals surface area contributed by atoms with E-state index in [9.17, 15) is 17.6 Å². The molecule has 1 nitrogen and oxygen atoms in total. The molecule has 0 aliphatic carbocycles. The Morgan fingerprint density at radius 3 is 2.06 bits per heavy atom. The van der Waals surface area contributed by atoms with Crippen molar-refractivity contribution in [1.82, 2.24) is 0 Å². The second kappa shape index (κ2) is 4.77. The van der Waals surface area contributed by atoms with Crippen molar-refractivity contribution in [3.8, 4) is 5.75 Å². The first-order valence-electron chi connectivity index (χ1n) is 4.93. The van der Waals surface area contributed by atoms with Crippen molar-refractivity contribution >= 4 is 0 Å². The van der Waals surface area contributed by atoms with Crippen LogP contribution in [0.1, 0.15) is 12.5 Å². The van der Waals surface area contributed by atoms with E-state index in [2.05, 4.69) is 4.74 Å². The Bertz CT molecular complexity index is 395. The van der Waals surface area contributed by atoms with Gasteiger partial charge in [0.1, 0.15) is 5.75 Å². The molecular formula is C12H12F4O. The smallest absolute Gasteiger partial charge is 0.428 e. The number of rotatable bonds is 4. The summed E-state index contributed by atoms with van der Waals surface area (Å²) < 4.78 is 56.4. The predicted molar refractivity (Wildman–Crippen MR) is 56.5 cm³/mol. The Kier molecular flexibility index (Phi) is 3.80. The molecule has 1 aromatic rings. The van der Waals surface area contributed by atoms with Crippen LogP contribution in [-0.4, -0.2) is 12.0 Å². The topological polar surface area (TPSA) is 9.23 Å². The molecule has 0 radical (unpaired) electrons. The maximum absolute atomic E-state index is 13.2. The van der Waals surface area contributed by atoms with E-state index in [0.717, 1.165) is 11.6 Å². The van der Waals surface area contributed by atoms with Crippen molar-refractivity contribution < 1.29 is 22.3 Å². The van der Waals surface area contributed by atoms with E-state index in [4.69, 9.17) is 0 Å². The van der Waals surface area contributed by atoms with Gasteiger partial charge in [0.25, 0.3) is 0 Å². The van der Waals surface area contributed by atoms with Crippen LogP contribution in [-0.2, 0) is 0 Å². The zero-order valence-electron chi connectivity index (χ0n) is 9.38. The van der Waals surface area contributed by atoms with Gasteiger partial charge in [0.2, 0.25) is 0 Å². The fourth-order valence-corrected chi connectivity index (χ4v) is 1.13. The molecule has 0 aliphatic heterocycles. The van der Waals surface area contributed by atoms with Crippen molar-refractivity contribution in [1.29, 1.82) is 0 Å². The van der Waals surface area contributed by atoms with Crippen LogP contribution >= 0.6 is 0 Å². The molecule has 0 unspecified atom stereocenters. The summed E-state index contributed by atoms with van der Waals surface area (Å²) in [4.78, 5) is 0. The number of alkyl halides is 4. The lowest BCUT2D eigenvalue weighted by atomic mass is 10.2. The van der Waals surface area contributed by atoms with Gasteiger partial charge in [-0.2, -0.15) is 17.6 Å². The first kappa shape index (κ1) is 13.5. The van der Waals surface area contributed by atoms with Gasteiger partial charge in [-0.15, -0.1) is 0 Å². The van der Waals surface area contributed by atoms with Crippen molar-refractivity contribution in [2.75, 3.05) is 0 Å². The van der Waals surface area contributed by atoms with Gasteiger partial charge in [-0.05, 0) is 32.1 Å². The SMILES string of the molecule is C/C=C/C(F)(F)C(F)(F)Oc1ccc(C)cc1. The van der Waals surface area contributed by atoms with E-state index < -0.39 is 12.0 Å². The number of aryl methyl sites for hydroxylation is 1. The summed E-state index contributed by atoms with van der Waals surface area (Å²) in [6.07, 6.45) is -3.61. The molecule has 0 aliphatic rings. The van der Waals surface area contributed by atoms with Gasteiger partial charge < -0.3 is 4.74 Å². The van der Waals surface area contributed by atoms with E-state index in [-0.39, 0.29) is 11.8 Å². The molecule has 0 bridgehead atoms. The minimum absolute atomic E-state index is 0.112. The molecule has 0 saturated carbocycles. The van der Waals surface area contributed by atoms with Crippen LogP contribution in [0.3, 0.4) is 0 Å². The fourth-order valence-electron chi connectivity index (χ4n) is 1.13. The Balaban J connectivity index is 2.89. The van der Waals surface area contributed by atoms with Crippen LogP contribution < -0.4 is 4.74 Å². The van der Waals surface area contributed by atoms with Gasteiger partial charge >= 0.3 is 12.0 Å². The van der Waals surface area contributed by atoms with Crippen molar-refractivity contribution in [3.05, 3.63) is 42.0 Å². The van der Waals surface area contributed by atoms with E-state index in [0.29, 0.717) is 0 Å². The highest BCUT2D eigenvalue weighted by atomic mass is 19.3. The van der Waals surface area contributed by atoms with Gasteiger partial charge in [0, 0.05) is 0 Å². The third-order valence-corrected chi connectivity index (χ3v) is 2.03. The molecule has 0 heterocycles. The summed E-state index contributed by atoms with van der Waals surface area (Å²) in [5.74, 6) is -4.64. The molecule has 1 aromatic carbocycles. The summed E-state index contributed by atoms with van der Waals surface area (Å²) in [7, 11) is 0. The zero-order valence-corrected chi connectivity index (χ0v) is 9.38. The van der Waals surface area contributed by atoms with Gasteiger partial charge in [-0.1, -0.05) is 23.8 Å². The summed E-state index contributed by atoms with van der Waals surface area (Å²) in [6, 6.07) is 5.43. The summed E-state index contributed by atoms with van der Waals surface area (Å²) in [5, 5.41) is 0. The number of benzene rings is 1. The minimum atomic E-state index is -4.57. The summed E-state index contributed by atoms with van der Waals surface area (Å²) in [6.45, 7) is 2.98. The van der Waals surface area contributed by atoms with E-state index in [1.165, 1.54) is 31.2 Å². The van der Waals surface area contributed by atoms with Crippen LogP contribution in [0.15, 0.2) is 36.4 Å². The lowest BCUT2D eigenvalue weighted by Gasteiger charge is -2.24. The normalized spacial score (nSPS) is 13.1. The second-order valence-electron chi connectivity index (χ2n) is 3.55. The minimum Gasteiger partial charge on any atom is -0.428 e. The lowest BCUT2D eigenvalue weighted by Crippen LogP contribution is -2.43. The quantitative estimate of drug-likeness (QED) is 0.573. The number of allylic oxidation sites excluding steroid dienone is 1. The third kappa shape index (κ3) is 3.22. The monoisotopic (exact) mass is 248 g/mol. The highest BCUT2D eigenvalue weighted by molar-refractivity contribution is 5.27. The maximum atomic E-state index is 13.2. The molecule has 0 atom stereocenters. The van der Waals surface area contributed by atoms with Crippen molar-refractivity contribution in [2.45, 2.75) is 25.9 Å². The molecule has 5 heteroatoms. The van der Waals surface area contributed by atoms with Crippen LogP contribution in [0.25, 0.3) is 0 Å². The molecule has 1 rings (SSSR count). The van der Waals surface area contributed by atoms with E-state index in [1.54, 1.807) is 6.92 Å². The molecule has 0 amide bonds.